The van der Waals surface area contributed by atoms with Crippen molar-refractivity contribution in [1.29, 1.82) is 0 Å². The van der Waals surface area contributed by atoms with Gasteiger partial charge in [-0.15, -0.1) is 0 Å². The number of hydrogen-bond donors (Lipinski definition) is 1. The molecule has 0 aliphatic heterocycles. The van der Waals surface area contributed by atoms with Gasteiger partial charge in [-0.2, -0.15) is 0 Å². The molecule has 0 saturated heterocycles. The number of aliphatic hydroxyl groups excluding tert-OH is 1. The summed E-state index contributed by atoms with van der Waals surface area (Å²) in [6.07, 6.45) is 1.54. The minimum atomic E-state index is -0.211. The van der Waals surface area contributed by atoms with Crippen molar-refractivity contribution in [2.75, 3.05) is 0 Å². The Morgan fingerprint density at radius 2 is 2.08 bits per heavy atom. The number of aliphatic hydroxyl groups is 1. The normalized spacial score (nSPS) is 12.9. The lowest BCUT2D eigenvalue weighted by Gasteiger charge is -2.05. The molecule has 2 heteroatoms. The van der Waals surface area contributed by atoms with E-state index < -0.39 is 0 Å². The minimum Gasteiger partial charge on any atom is -0.393 e. The van der Waals surface area contributed by atoms with Gasteiger partial charge in [0.2, 0.25) is 0 Å². The second-order valence-electron chi connectivity index (χ2n) is 2.98. The molecule has 0 unspecified atom stereocenters. The number of aryl methyl sites for hydroxylation is 1. The van der Waals surface area contributed by atoms with Crippen LogP contribution in [0, 0.1) is 0 Å². The van der Waals surface area contributed by atoms with Gasteiger partial charge in [-0.3, -0.25) is 0 Å². The highest BCUT2D eigenvalue weighted by atomic mass is 79.9. The average molecular weight is 229 g/mol. The quantitative estimate of drug-likeness (QED) is 0.844. The van der Waals surface area contributed by atoms with Crippen molar-refractivity contribution < 1.29 is 5.11 Å². The van der Waals surface area contributed by atoms with Crippen LogP contribution in [0.1, 0.15) is 18.9 Å². The molecule has 0 spiro atoms. The van der Waals surface area contributed by atoms with Crippen LogP contribution in [0.15, 0.2) is 28.7 Å². The predicted molar refractivity (Wildman–Crippen MR) is 54.1 cm³/mol. The molecule has 0 saturated carbocycles. The Balaban J connectivity index is 2.57. The van der Waals surface area contributed by atoms with E-state index in [2.05, 4.69) is 22.0 Å². The zero-order chi connectivity index (χ0) is 8.97. The van der Waals surface area contributed by atoms with Gasteiger partial charge in [0.05, 0.1) is 6.10 Å². The Morgan fingerprint density at radius 3 is 2.67 bits per heavy atom. The topological polar surface area (TPSA) is 20.2 Å². The van der Waals surface area contributed by atoms with Gasteiger partial charge >= 0.3 is 0 Å². The highest BCUT2D eigenvalue weighted by molar-refractivity contribution is 9.10. The van der Waals surface area contributed by atoms with Crippen LogP contribution < -0.4 is 0 Å². The minimum absolute atomic E-state index is 0.211. The molecule has 0 aliphatic rings. The summed E-state index contributed by atoms with van der Waals surface area (Å²) in [4.78, 5) is 0. The summed E-state index contributed by atoms with van der Waals surface area (Å²) >= 11 is 3.46. The van der Waals surface area contributed by atoms with E-state index in [0.717, 1.165) is 17.3 Å². The third-order valence-corrected chi connectivity index (χ3v) is 2.56. The van der Waals surface area contributed by atoms with Gasteiger partial charge in [-0.1, -0.05) is 34.1 Å². The van der Waals surface area contributed by atoms with Crippen LogP contribution in [0.2, 0.25) is 0 Å². The Morgan fingerprint density at radius 1 is 1.42 bits per heavy atom. The molecule has 0 fully saturated rings. The zero-order valence-electron chi connectivity index (χ0n) is 7.13. The van der Waals surface area contributed by atoms with Gasteiger partial charge in [-0.25, -0.2) is 0 Å². The smallest absolute Gasteiger partial charge is 0.0515 e. The number of benzene rings is 1. The van der Waals surface area contributed by atoms with Crippen LogP contribution >= 0.6 is 15.9 Å². The van der Waals surface area contributed by atoms with Crippen LogP contribution in [-0.2, 0) is 6.42 Å². The predicted octanol–water partition coefficient (Wildman–Crippen LogP) is 2.76. The van der Waals surface area contributed by atoms with Crippen LogP contribution in [0.25, 0.3) is 0 Å². The maximum absolute atomic E-state index is 9.09. The third-order valence-electron chi connectivity index (χ3n) is 1.79. The van der Waals surface area contributed by atoms with E-state index in [9.17, 15) is 0 Å². The molecular formula is C10H13BrO. The fourth-order valence-corrected chi connectivity index (χ4v) is 1.55. The van der Waals surface area contributed by atoms with Crippen molar-refractivity contribution in [3.8, 4) is 0 Å². The molecule has 1 aromatic carbocycles. The summed E-state index contributed by atoms with van der Waals surface area (Å²) in [7, 11) is 0. The largest absolute Gasteiger partial charge is 0.393 e. The van der Waals surface area contributed by atoms with Crippen molar-refractivity contribution in [1.82, 2.24) is 0 Å². The van der Waals surface area contributed by atoms with Crippen LogP contribution in [0.5, 0.6) is 0 Å². The number of halogens is 1. The van der Waals surface area contributed by atoms with Crippen molar-refractivity contribution in [2.24, 2.45) is 0 Å². The van der Waals surface area contributed by atoms with Gasteiger partial charge in [-0.05, 0) is 31.4 Å². The Bertz CT molecular complexity index is 245. The first kappa shape index (κ1) is 9.75. The molecule has 0 radical (unpaired) electrons. The summed E-state index contributed by atoms with van der Waals surface area (Å²) in [6.45, 7) is 1.82. The van der Waals surface area contributed by atoms with Crippen molar-refractivity contribution in [3.63, 3.8) is 0 Å². The molecule has 0 amide bonds. The lowest BCUT2D eigenvalue weighted by molar-refractivity contribution is 0.185. The molecule has 0 heterocycles. The van der Waals surface area contributed by atoms with E-state index in [1.807, 2.05) is 25.1 Å². The van der Waals surface area contributed by atoms with Crippen molar-refractivity contribution in [2.45, 2.75) is 25.9 Å². The van der Waals surface area contributed by atoms with E-state index in [4.69, 9.17) is 5.11 Å². The average Bonchev–Trinajstić information content (AvgIpc) is 2.03. The molecule has 1 nitrogen and oxygen atoms in total. The molecule has 1 rings (SSSR count). The van der Waals surface area contributed by atoms with E-state index in [-0.39, 0.29) is 6.10 Å². The molecule has 1 aromatic rings. The van der Waals surface area contributed by atoms with Crippen LogP contribution in [0.3, 0.4) is 0 Å². The van der Waals surface area contributed by atoms with E-state index in [1.165, 1.54) is 5.56 Å². The molecule has 1 N–H and O–H groups in total. The van der Waals surface area contributed by atoms with Gasteiger partial charge in [0, 0.05) is 4.47 Å². The lowest BCUT2D eigenvalue weighted by Crippen LogP contribution is -2.01. The van der Waals surface area contributed by atoms with E-state index >= 15 is 0 Å². The van der Waals surface area contributed by atoms with Gasteiger partial charge in [0.1, 0.15) is 0 Å². The number of rotatable bonds is 3. The standard InChI is InChI=1S/C10H13BrO/c1-8(12)6-7-9-4-2-3-5-10(9)11/h2-5,8,12H,6-7H2,1H3/t8-/m1/s1. The summed E-state index contributed by atoms with van der Waals surface area (Å²) < 4.78 is 1.13. The molecule has 1 atom stereocenters. The van der Waals surface area contributed by atoms with E-state index in [1.54, 1.807) is 0 Å². The van der Waals surface area contributed by atoms with Crippen LogP contribution in [0.4, 0.5) is 0 Å². The molecule has 0 aliphatic carbocycles. The maximum Gasteiger partial charge on any atom is 0.0515 e. The fraction of sp³-hybridized carbons (Fsp3) is 0.400. The fourth-order valence-electron chi connectivity index (χ4n) is 1.07. The first-order chi connectivity index (χ1) is 5.70. The molecular weight excluding hydrogens is 216 g/mol. The maximum atomic E-state index is 9.09. The number of hydrogen-bond acceptors (Lipinski definition) is 1. The third kappa shape index (κ3) is 2.95. The zero-order valence-corrected chi connectivity index (χ0v) is 8.71. The van der Waals surface area contributed by atoms with Crippen molar-refractivity contribution in [3.05, 3.63) is 34.3 Å². The summed E-state index contributed by atoms with van der Waals surface area (Å²) in [5.41, 5.74) is 1.26. The monoisotopic (exact) mass is 228 g/mol. The van der Waals surface area contributed by atoms with Crippen molar-refractivity contribution >= 4 is 15.9 Å². The highest BCUT2D eigenvalue weighted by Crippen LogP contribution is 2.17. The Hall–Kier alpha value is -0.340. The summed E-state index contributed by atoms with van der Waals surface area (Å²) in [5, 5.41) is 9.09. The molecule has 0 aromatic heterocycles. The first-order valence-corrected chi connectivity index (χ1v) is 4.91. The Labute approximate surface area is 81.6 Å². The highest BCUT2D eigenvalue weighted by Gasteiger charge is 2.00. The molecule has 12 heavy (non-hydrogen) atoms. The van der Waals surface area contributed by atoms with Gasteiger partial charge in [0.15, 0.2) is 0 Å². The summed E-state index contributed by atoms with van der Waals surface area (Å²) in [6, 6.07) is 8.11. The molecule has 0 bridgehead atoms. The second kappa shape index (κ2) is 4.63. The SMILES string of the molecule is C[C@@H](O)CCc1ccccc1Br. The lowest BCUT2D eigenvalue weighted by atomic mass is 10.1. The van der Waals surface area contributed by atoms with Crippen LogP contribution in [-0.4, -0.2) is 11.2 Å². The van der Waals surface area contributed by atoms with Gasteiger partial charge < -0.3 is 5.11 Å². The Kier molecular flexibility index (Phi) is 3.76. The second-order valence-corrected chi connectivity index (χ2v) is 3.83. The molecule has 66 valence electrons. The first-order valence-electron chi connectivity index (χ1n) is 4.11. The van der Waals surface area contributed by atoms with Gasteiger partial charge in [0.25, 0.3) is 0 Å². The van der Waals surface area contributed by atoms with E-state index in [0.29, 0.717) is 0 Å². The summed E-state index contributed by atoms with van der Waals surface area (Å²) in [5.74, 6) is 0.